The number of halogens is 5. The highest BCUT2D eigenvalue weighted by Gasteiger charge is 2.37. The highest BCUT2D eigenvalue weighted by atomic mass is 19.4. The van der Waals surface area contributed by atoms with Crippen LogP contribution in [0.5, 0.6) is 11.5 Å². The first kappa shape index (κ1) is 15.9. The predicted octanol–water partition coefficient (Wildman–Crippen LogP) is 2.71. The second kappa shape index (κ2) is 5.88. The predicted molar refractivity (Wildman–Crippen MR) is 53.8 cm³/mol. The molecule has 0 spiro atoms. The molecule has 5 nitrogen and oxygen atoms in total. The Morgan fingerprint density at radius 1 is 1.25 bits per heavy atom. The van der Waals surface area contributed by atoms with Crippen molar-refractivity contribution < 1.29 is 41.0 Å². The van der Waals surface area contributed by atoms with Gasteiger partial charge in [0.25, 0.3) is 6.43 Å². The molecule has 1 heterocycles. The van der Waals surface area contributed by atoms with E-state index in [-0.39, 0.29) is 0 Å². The van der Waals surface area contributed by atoms with E-state index in [1.54, 1.807) is 0 Å². The minimum absolute atomic E-state index is 0.571. The molecule has 0 aromatic carbocycles. The summed E-state index contributed by atoms with van der Waals surface area (Å²) in [4.78, 5) is 14.4. The minimum Gasteiger partial charge on any atom is -0.492 e. The van der Waals surface area contributed by atoms with Crippen LogP contribution in [0.15, 0.2) is 6.20 Å². The summed E-state index contributed by atoms with van der Waals surface area (Å²) in [6.07, 6.45) is -7.99. The summed E-state index contributed by atoms with van der Waals surface area (Å²) < 4.78 is 74.3. The normalized spacial score (nSPS) is 11.4. The number of pyridine rings is 1. The third-order valence-electron chi connectivity index (χ3n) is 2.05. The van der Waals surface area contributed by atoms with Gasteiger partial charge in [-0.2, -0.15) is 0 Å². The smallest absolute Gasteiger partial charge is 0.492 e. The van der Waals surface area contributed by atoms with Crippen LogP contribution >= 0.6 is 0 Å². The lowest BCUT2D eigenvalue weighted by molar-refractivity contribution is -0.275. The van der Waals surface area contributed by atoms with Gasteiger partial charge in [0.15, 0.2) is 17.2 Å². The van der Waals surface area contributed by atoms with Gasteiger partial charge in [0.2, 0.25) is 0 Å². The Labute approximate surface area is 109 Å². The van der Waals surface area contributed by atoms with Crippen LogP contribution in [0.1, 0.15) is 22.5 Å². The number of hydrogen-bond donors (Lipinski definition) is 0. The lowest BCUT2D eigenvalue weighted by Gasteiger charge is -2.17. The van der Waals surface area contributed by atoms with Crippen molar-refractivity contribution in [1.29, 1.82) is 0 Å². The lowest BCUT2D eigenvalue weighted by atomic mass is 10.2. The van der Waals surface area contributed by atoms with E-state index in [0.29, 0.717) is 6.20 Å². The standard InChI is InChI=1S/C10H8F5NO4/c1-18-6-4(9(17)19-2)3-16-5(8(11)12)7(6)20-10(13,14)15/h3,8H,1-2H3. The molecule has 0 atom stereocenters. The van der Waals surface area contributed by atoms with Crippen molar-refractivity contribution in [3.63, 3.8) is 0 Å². The largest absolute Gasteiger partial charge is 0.573 e. The first-order valence-corrected chi connectivity index (χ1v) is 4.90. The number of rotatable bonds is 4. The first-order valence-electron chi connectivity index (χ1n) is 4.90. The Bertz CT molecular complexity index is 503. The van der Waals surface area contributed by atoms with Crippen molar-refractivity contribution in [3.05, 3.63) is 17.5 Å². The summed E-state index contributed by atoms with van der Waals surface area (Å²) in [5, 5.41) is 0. The number of ether oxygens (including phenoxy) is 3. The molecule has 1 aromatic heterocycles. The lowest BCUT2D eigenvalue weighted by Crippen LogP contribution is -2.20. The van der Waals surface area contributed by atoms with Crippen LogP contribution in [0.2, 0.25) is 0 Å². The van der Waals surface area contributed by atoms with Gasteiger partial charge in [0, 0.05) is 6.20 Å². The van der Waals surface area contributed by atoms with Crippen LogP contribution in [-0.2, 0) is 4.74 Å². The maximum atomic E-state index is 12.7. The molecule has 112 valence electrons. The van der Waals surface area contributed by atoms with E-state index < -0.39 is 41.5 Å². The van der Waals surface area contributed by atoms with E-state index in [0.717, 1.165) is 14.2 Å². The van der Waals surface area contributed by atoms with Gasteiger partial charge in [0.05, 0.1) is 14.2 Å². The van der Waals surface area contributed by atoms with Gasteiger partial charge in [-0.3, -0.25) is 4.98 Å². The molecule has 0 saturated heterocycles. The van der Waals surface area contributed by atoms with Crippen molar-refractivity contribution in [1.82, 2.24) is 4.98 Å². The number of aromatic nitrogens is 1. The zero-order chi connectivity index (χ0) is 15.5. The van der Waals surface area contributed by atoms with E-state index in [4.69, 9.17) is 0 Å². The first-order chi connectivity index (χ1) is 9.21. The summed E-state index contributed by atoms with van der Waals surface area (Å²) in [6.45, 7) is 0. The Hall–Kier alpha value is -2.13. The molecule has 1 aromatic rings. The van der Waals surface area contributed by atoms with Gasteiger partial charge in [-0.15, -0.1) is 13.2 Å². The number of methoxy groups -OCH3 is 2. The minimum atomic E-state index is -5.26. The number of alkyl halides is 5. The van der Waals surface area contributed by atoms with Gasteiger partial charge in [0.1, 0.15) is 5.56 Å². The molecule has 0 radical (unpaired) electrons. The molecule has 0 aliphatic carbocycles. The van der Waals surface area contributed by atoms with Gasteiger partial charge in [-0.25, -0.2) is 13.6 Å². The van der Waals surface area contributed by atoms with E-state index in [1.165, 1.54) is 0 Å². The molecule has 0 saturated carbocycles. The molecule has 1 rings (SSSR count). The number of carbonyl (C=O) groups is 1. The Kier molecular flexibility index (Phi) is 4.69. The highest BCUT2D eigenvalue weighted by Crippen LogP contribution is 2.41. The molecule has 0 bridgehead atoms. The summed E-state index contributed by atoms with van der Waals surface area (Å²) >= 11 is 0. The third kappa shape index (κ3) is 3.45. The van der Waals surface area contributed by atoms with Gasteiger partial charge in [-0.05, 0) is 0 Å². The second-order valence-electron chi connectivity index (χ2n) is 3.26. The maximum Gasteiger partial charge on any atom is 0.573 e. The molecule has 0 aliphatic rings. The van der Waals surface area contributed by atoms with Crippen LogP contribution in [0, 0.1) is 0 Å². The number of hydrogen-bond acceptors (Lipinski definition) is 5. The Morgan fingerprint density at radius 3 is 2.25 bits per heavy atom. The average molecular weight is 301 g/mol. The highest BCUT2D eigenvalue weighted by molar-refractivity contribution is 5.93. The van der Waals surface area contributed by atoms with Crippen molar-refractivity contribution >= 4 is 5.97 Å². The summed E-state index contributed by atoms with van der Waals surface area (Å²) in [5.74, 6) is -3.32. The molecule has 10 heteroatoms. The molecule has 0 aliphatic heterocycles. The fourth-order valence-electron chi connectivity index (χ4n) is 1.32. The molecule has 0 amide bonds. The van der Waals surface area contributed by atoms with Crippen LogP contribution in [-0.4, -0.2) is 31.5 Å². The molecular weight excluding hydrogens is 293 g/mol. The summed E-state index contributed by atoms with van der Waals surface area (Å²) in [6, 6.07) is 0. The molecular formula is C10H8F5NO4. The van der Waals surface area contributed by atoms with Crippen LogP contribution in [0.25, 0.3) is 0 Å². The summed E-state index contributed by atoms with van der Waals surface area (Å²) in [7, 11) is 1.84. The molecule has 0 unspecified atom stereocenters. The van der Waals surface area contributed by atoms with Crippen molar-refractivity contribution in [2.75, 3.05) is 14.2 Å². The maximum absolute atomic E-state index is 12.7. The van der Waals surface area contributed by atoms with Crippen LogP contribution in [0.3, 0.4) is 0 Å². The SMILES string of the molecule is COC(=O)c1cnc(C(F)F)c(OC(F)(F)F)c1OC. The number of nitrogens with zero attached hydrogens (tertiary/aromatic N) is 1. The van der Waals surface area contributed by atoms with E-state index in [9.17, 15) is 26.7 Å². The van der Waals surface area contributed by atoms with Crippen molar-refractivity contribution in [2.24, 2.45) is 0 Å². The van der Waals surface area contributed by atoms with Gasteiger partial charge >= 0.3 is 12.3 Å². The Balaban J connectivity index is 3.50. The van der Waals surface area contributed by atoms with E-state index in [1.807, 2.05) is 0 Å². The number of esters is 1. The zero-order valence-electron chi connectivity index (χ0n) is 10.1. The topological polar surface area (TPSA) is 57.7 Å². The second-order valence-corrected chi connectivity index (χ2v) is 3.26. The fourth-order valence-corrected chi connectivity index (χ4v) is 1.32. The molecule has 0 fully saturated rings. The Morgan fingerprint density at radius 2 is 1.85 bits per heavy atom. The zero-order valence-corrected chi connectivity index (χ0v) is 10.1. The summed E-state index contributed by atoms with van der Waals surface area (Å²) in [5.41, 5.74) is -1.87. The van der Waals surface area contributed by atoms with Gasteiger partial charge < -0.3 is 14.2 Å². The third-order valence-corrected chi connectivity index (χ3v) is 2.05. The van der Waals surface area contributed by atoms with Crippen molar-refractivity contribution in [2.45, 2.75) is 12.8 Å². The van der Waals surface area contributed by atoms with Gasteiger partial charge in [-0.1, -0.05) is 0 Å². The number of carbonyl (C=O) groups excluding carboxylic acids is 1. The van der Waals surface area contributed by atoms with E-state index in [2.05, 4.69) is 19.2 Å². The molecule has 20 heavy (non-hydrogen) atoms. The molecule has 0 N–H and O–H groups in total. The van der Waals surface area contributed by atoms with Crippen LogP contribution < -0.4 is 9.47 Å². The average Bonchev–Trinajstić information content (AvgIpc) is 2.34. The fraction of sp³-hybridized carbons (Fsp3) is 0.400. The van der Waals surface area contributed by atoms with Crippen molar-refractivity contribution in [3.8, 4) is 11.5 Å². The quantitative estimate of drug-likeness (QED) is 0.632. The van der Waals surface area contributed by atoms with E-state index >= 15 is 0 Å². The monoisotopic (exact) mass is 301 g/mol. The van der Waals surface area contributed by atoms with Crippen LogP contribution in [0.4, 0.5) is 22.0 Å².